The Labute approximate surface area is 164 Å². The first-order chi connectivity index (χ1) is 12.8. The lowest BCUT2D eigenvalue weighted by molar-refractivity contribution is 0.0526. The average molecular weight is 410 g/mol. The Morgan fingerprint density at radius 2 is 1.89 bits per heavy atom. The van der Waals surface area contributed by atoms with Gasteiger partial charge < -0.3 is 9.47 Å². The molecule has 0 bridgehead atoms. The van der Waals surface area contributed by atoms with Gasteiger partial charge in [0, 0.05) is 0 Å². The second-order valence-corrected chi connectivity index (χ2v) is 7.66. The van der Waals surface area contributed by atoms with Gasteiger partial charge in [0.2, 0.25) is 0 Å². The minimum Gasteiger partial charge on any atom is -0.495 e. The number of halogens is 1. The number of carbonyl (C=O) groups is 1. The molecule has 0 N–H and O–H groups in total. The van der Waals surface area contributed by atoms with Crippen molar-refractivity contribution in [3.8, 4) is 5.75 Å². The summed E-state index contributed by atoms with van der Waals surface area (Å²) in [6.45, 7) is 5.64. The van der Waals surface area contributed by atoms with Gasteiger partial charge in [-0.15, -0.1) is 6.58 Å². The maximum Gasteiger partial charge on any atom is 0.338 e. The molecular weight excluding hydrogens is 390 g/mol. The number of benzene rings is 2. The van der Waals surface area contributed by atoms with Gasteiger partial charge in [-0.05, 0) is 49.4 Å². The molecule has 144 valence electrons. The maximum atomic E-state index is 13.1. The van der Waals surface area contributed by atoms with E-state index in [1.807, 2.05) is 0 Å². The predicted molar refractivity (Wildman–Crippen MR) is 105 cm³/mol. The maximum absolute atomic E-state index is 13.1. The van der Waals surface area contributed by atoms with Gasteiger partial charge in [0.05, 0.1) is 41.4 Å². The van der Waals surface area contributed by atoms with Crippen molar-refractivity contribution in [3.63, 3.8) is 0 Å². The van der Waals surface area contributed by atoms with Crippen LogP contribution in [0, 0.1) is 0 Å². The van der Waals surface area contributed by atoms with E-state index in [1.54, 1.807) is 19.1 Å². The molecule has 0 radical (unpaired) electrons. The zero-order valence-electron chi connectivity index (χ0n) is 15.0. The molecule has 0 aliphatic rings. The number of ether oxygens (including phenoxy) is 2. The number of esters is 1. The van der Waals surface area contributed by atoms with E-state index in [9.17, 15) is 13.2 Å². The molecule has 2 rings (SSSR count). The van der Waals surface area contributed by atoms with Crippen molar-refractivity contribution in [2.45, 2.75) is 11.8 Å². The molecule has 0 aliphatic heterocycles. The molecule has 0 saturated carbocycles. The van der Waals surface area contributed by atoms with E-state index in [2.05, 4.69) is 6.58 Å². The molecule has 0 fully saturated rings. The third kappa shape index (κ3) is 4.61. The van der Waals surface area contributed by atoms with Crippen LogP contribution in [-0.4, -0.2) is 34.6 Å². The van der Waals surface area contributed by atoms with E-state index in [1.165, 1.54) is 47.8 Å². The summed E-state index contributed by atoms with van der Waals surface area (Å²) >= 11 is 6.07. The van der Waals surface area contributed by atoms with Crippen LogP contribution in [-0.2, 0) is 14.8 Å². The van der Waals surface area contributed by atoms with Crippen molar-refractivity contribution in [1.82, 2.24) is 0 Å². The molecule has 2 aromatic carbocycles. The van der Waals surface area contributed by atoms with Crippen LogP contribution < -0.4 is 9.04 Å². The van der Waals surface area contributed by atoms with Crippen LogP contribution in [0.3, 0.4) is 0 Å². The third-order valence-corrected chi connectivity index (χ3v) is 5.76. The summed E-state index contributed by atoms with van der Waals surface area (Å²) in [5.74, 6) is -0.0891. The number of anilines is 1. The Hall–Kier alpha value is -2.51. The summed E-state index contributed by atoms with van der Waals surface area (Å²) < 4.78 is 37.3. The minimum atomic E-state index is -3.90. The van der Waals surface area contributed by atoms with Gasteiger partial charge in [-0.2, -0.15) is 0 Å². The van der Waals surface area contributed by atoms with Crippen molar-refractivity contribution in [1.29, 1.82) is 0 Å². The van der Waals surface area contributed by atoms with E-state index in [0.29, 0.717) is 17.0 Å². The molecule has 2 aromatic rings. The molecule has 8 heteroatoms. The number of rotatable bonds is 8. The average Bonchev–Trinajstić information content (AvgIpc) is 2.66. The number of sulfonamides is 1. The van der Waals surface area contributed by atoms with Crippen LogP contribution in [0.25, 0.3) is 0 Å². The largest absolute Gasteiger partial charge is 0.495 e. The molecule has 0 aliphatic carbocycles. The van der Waals surface area contributed by atoms with Crippen LogP contribution in [0.15, 0.2) is 60.0 Å². The zero-order chi connectivity index (χ0) is 20.0. The summed E-state index contributed by atoms with van der Waals surface area (Å²) in [4.78, 5) is 11.8. The Bertz CT molecular complexity index is 926. The highest BCUT2D eigenvalue weighted by molar-refractivity contribution is 7.92. The van der Waals surface area contributed by atoms with Crippen LogP contribution in [0.1, 0.15) is 17.3 Å². The Balaban J connectivity index is 2.42. The second-order valence-electron chi connectivity index (χ2n) is 5.39. The van der Waals surface area contributed by atoms with Crippen molar-refractivity contribution < 1.29 is 22.7 Å². The number of hydrogen-bond donors (Lipinski definition) is 0. The molecule has 0 amide bonds. The highest BCUT2D eigenvalue weighted by Crippen LogP contribution is 2.30. The zero-order valence-corrected chi connectivity index (χ0v) is 16.6. The summed E-state index contributed by atoms with van der Waals surface area (Å²) in [6.07, 6.45) is 1.47. The van der Waals surface area contributed by atoms with Gasteiger partial charge in [-0.3, -0.25) is 4.31 Å². The Morgan fingerprint density at radius 1 is 1.22 bits per heavy atom. The van der Waals surface area contributed by atoms with Crippen LogP contribution in [0.5, 0.6) is 5.75 Å². The third-order valence-electron chi connectivity index (χ3n) is 3.67. The predicted octanol–water partition coefficient (Wildman–Crippen LogP) is 3.91. The Morgan fingerprint density at radius 3 is 2.41 bits per heavy atom. The standard InChI is InChI=1S/C19H20ClNO5S/c1-4-12-21(15-8-6-14(7-9-15)19(22)26-5-2)27(23,24)16-10-11-18(25-3)17(20)13-16/h4,6-11,13H,1,5,12H2,2-3H3. The van der Waals surface area contributed by atoms with Gasteiger partial charge in [0.1, 0.15) is 5.75 Å². The molecule has 0 aromatic heterocycles. The lowest BCUT2D eigenvalue weighted by Crippen LogP contribution is -2.31. The summed E-state index contributed by atoms with van der Waals surface area (Å²) in [5, 5.41) is 0.190. The molecular formula is C19H20ClNO5S. The van der Waals surface area contributed by atoms with Crippen LogP contribution in [0.4, 0.5) is 5.69 Å². The summed E-state index contributed by atoms with van der Waals surface area (Å²) in [7, 11) is -2.45. The van der Waals surface area contributed by atoms with Crippen LogP contribution >= 0.6 is 11.6 Å². The fourth-order valence-corrected chi connectivity index (χ4v) is 4.16. The monoisotopic (exact) mass is 409 g/mol. The second kappa shape index (κ2) is 8.92. The van der Waals surface area contributed by atoms with Gasteiger partial charge >= 0.3 is 5.97 Å². The van der Waals surface area contributed by atoms with Gasteiger partial charge in [-0.25, -0.2) is 13.2 Å². The molecule has 0 spiro atoms. The van der Waals surface area contributed by atoms with E-state index in [4.69, 9.17) is 21.1 Å². The van der Waals surface area contributed by atoms with Crippen molar-refractivity contribution in [2.75, 3.05) is 24.6 Å². The molecule has 0 heterocycles. The van der Waals surface area contributed by atoms with Gasteiger partial charge in [0.15, 0.2) is 0 Å². The van der Waals surface area contributed by atoms with Crippen molar-refractivity contribution in [3.05, 3.63) is 65.7 Å². The number of methoxy groups -OCH3 is 1. The molecule has 0 atom stereocenters. The highest BCUT2D eigenvalue weighted by Gasteiger charge is 2.25. The molecule has 6 nitrogen and oxygen atoms in total. The lowest BCUT2D eigenvalue weighted by Gasteiger charge is -2.23. The minimum absolute atomic E-state index is 0.0182. The molecule has 27 heavy (non-hydrogen) atoms. The topological polar surface area (TPSA) is 72.9 Å². The lowest BCUT2D eigenvalue weighted by atomic mass is 10.2. The van der Waals surface area contributed by atoms with Crippen molar-refractivity contribution >= 4 is 33.3 Å². The van der Waals surface area contributed by atoms with Gasteiger partial charge in [0.25, 0.3) is 10.0 Å². The van der Waals surface area contributed by atoms with E-state index >= 15 is 0 Å². The van der Waals surface area contributed by atoms with E-state index in [0.717, 1.165) is 0 Å². The highest BCUT2D eigenvalue weighted by atomic mass is 35.5. The van der Waals surface area contributed by atoms with Gasteiger partial charge in [-0.1, -0.05) is 17.7 Å². The first-order valence-corrected chi connectivity index (χ1v) is 9.91. The van der Waals surface area contributed by atoms with Crippen molar-refractivity contribution in [2.24, 2.45) is 0 Å². The number of nitrogens with zero attached hydrogens (tertiary/aromatic N) is 1. The SMILES string of the molecule is C=CCN(c1ccc(C(=O)OCC)cc1)S(=O)(=O)c1ccc(OC)c(Cl)c1. The number of hydrogen-bond acceptors (Lipinski definition) is 5. The fourth-order valence-electron chi connectivity index (χ4n) is 2.37. The fraction of sp³-hybridized carbons (Fsp3) is 0.211. The van der Waals surface area contributed by atoms with E-state index < -0.39 is 16.0 Å². The quantitative estimate of drug-likeness (QED) is 0.488. The molecule has 0 unspecified atom stereocenters. The summed E-state index contributed by atoms with van der Waals surface area (Å²) in [5.41, 5.74) is 0.721. The smallest absolute Gasteiger partial charge is 0.338 e. The van der Waals surface area contributed by atoms with E-state index in [-0.39, 0.29) is 23.1 Å². The first-order valence-electron chi connectivity index (χ1n) is 8.09. The van der Waals surface area contributed by atoms with Crippen LogP contribution in [0.2, 0.25) is 5.02 Å². The summed E-state index contributed by atoms with van der Waals surface area (Å²) in [6, 6.07) is 10.4. The normalized spacial score (nSPS) is 10.9. The molecule has 0 saturated heterocycles. The number of carbonyl (C=O) groups excluding carboxylic acids is 1. The Kier molecular flexibility index (Phi) is 6.87. The first kappa shape index (κ1) is 20.8.